The van der Waals surface area contributed by atoms with Crippen molar-refractivity contribution < 1.29 is 13.6 Å². The number of rotatable bonds is 6. The number of hydrogen-bond acceptors (Lipinski definition) is 6. The van der Waals surface area contributed by atoms with Crippen LogP contribution in [0.4, 0.5) is 30.8 Å². The molecule has 4 aromatic rings. The molecule has 5 rings (SSSR count). The number of anilines is 3. The lowest BCUT2D eigenvalue weighted by Gasteiger charge is -2.18. The van der Waals surface area contributed by atoms with Gasteiger partial charge >= 0.3 is 6.03 Å². The molecular weight excluding hydrogens is 466 g/mol. The summed E-state index contributed by atoms with van der Waals surface area (Å²) in [6.07, 6.45) is 4.80. The average Bonchev–Trinajstić information content (AvgIpc) is 3.45. The van der Waals surface area contributed by atoms with Gasteiger partial charge in [0.2, 0.25) is 0 Å². The number of urea groups is 1. The van der Waals surface area contributed by atoms with Crippen molar-refractivity contribution in [3.8, 4) is 11.1 Å². The molecule has 186 valence electrons. The first-order valence-electron chi connectivity index (χ1n) is 11.5. The average molecular weight is 493 g/mol. The number of aromatic amines is 1. The fraction of sp³-hybridized carbons (Fsp3) is 0.280. The third-order valence-corrected chi connectivity index (χ3v) is 6.07. The SMILES string of the molecule is CN(C)C(=O)Nc1cncc(-c2ccc3n[nH]c(CNc4ccnc(N5CCC(F)(F)C5)c4)c3c2)c1. The second-order valence-electron chi connectivity index (χ2n) is 9.00. The predicted molar refractivity (Wildman–Crippen MR) is 135 cm³/mol. The molecule has 3 N–H and O–H groups in total. The Morgan fingerprint density at radius 3 is 2.78 bits per heavy atom. The third kappa shape index (κ3) is 5.04. The molecule has 0 bridgehead atoms. The lowest BCUT2D eigenvalue weighted by molar-refractivity contribution is 0.0256. The Morgan fingerprint density at radius 1 is 1.14 bits per heavy atom. The van der Waals surface area contributed by atoms with Crippen molar-refractivity contribution in [3.05, 3.63) is 60.7 Å². The number of nitrogens with one attached hydrogen (secondary N) is 3. The van der Waals surface area contributed by atoms with E-state index >= 15 is 0 Å². The molecule has 0 radical (unpaired) electrons. The Balaban J connectivity index is 1.33. The molecule has 1 aromatic carbocycles. The molecule has 36 heavy (non-hydrogen) atoms. The van der Waals surface area contributed by atoms with Crippen LogP contribution in [0.15, 0.2) is 55.0 Å². The predicted octanol–water partition coefficient (Wildman–Crippen LogP) is 4.57. The normalized spacial score (nSPS) is 14.7. The summed E-state index contributed by atoms with van der Waals surface area (Å²) in [4.78, 5) is 23.6. The molecule has 1 aliphatic rings. The summed E-state index contributed by atoms with van der Waals surface area (Å²) >= 11 is 0. The number of carbonyl (C=O) groups is 1. The lowest BCUT2D eigenvalue weighted by Crippen LogP contribution is -2.27. The van der Waals surface area contributed by atoms with E-state index in [9.17, 15) is 13.6 Å². The van der Waals surface area contributed by atoms with Gasteiger partial charge < -0.3 is 20.4 Å². The molecule has 1 saturated heterocycles. The van der Waals surface area contributed by atoms with Crippen molar-refractivity contribution >= 4 is 34.1 Å². The van der Waals surface area contributed by atoms with Crippen LogP contribution >= 0.6 is 0 Å². The molecular formula is C25H26F2N8O. The van der Waals surface area contributed by atoms with Gasteiger partial charge in [-0.3, -0.25) is 10.1 Å². The first-order valence-corrected chi connectivity index (χ1v) is 11.5. The first kappa shape index (κ1) is 23.5. The fourth-order valence-corrected chi connectivity index (χ4v) is 4.10. The number of carbonyl (C=O) groups excluding carboxylic acids is 1. The van der Waals surface area contributed by atoms with Gasteiger partial charge in [0.15, 0.2) is 0 Å². The second-order valence-corrected chi connectivity index (χ2v) is 9.00. The van der Waals surface area contributed by atoms with E-state index in [0.717, 1.165) is 33.4 Å². The van der Waals surface area contributed by atoms with Crippen molar-refractivity contribution in [3.63, 3.8) is 0 Å². The van der Waals surface area contributed by atoms with Gasteiger partial charge in [0.1, 0.15) is 5.82 Å². The van der Waals surface area contributed by atoms with Gasteiger partial charge in [0.25, 0.3) is 5.92 Å². The van der Waals surface area contributed by atoms with Crippen LogP contribution < -0.4 is 15.5 Å². The minimum absolute atomic E-state index is 0.157. The number of H-pyrrole nitrogens is 1. The molecule has 4 heterocycles. The highest BCUT2D eigenvalue weighted by molar-refractivity contribution is 5.90. The van der Waals surface area contributed by atoms with Gasteiger partial charge in [-0.05, 0) is 29.8 Å². The van der Waals surface area contributed by atoms with Crippen LogP contribution in [0.1, 0.15) is 12.1 Å². The molecule has 1 fully saturated rings. The zero-order valence-electron chi connectivity index (χ0n) is 19.9. The van der Waals surface area contributed by atoms with Crippen LogP contribution in [0.25, 0.3) is 22.0 Å². The van der Waals surface area contributed by atoms with Crippen molar-refractivity contribution in [2.75, 3.05) is 42.7 Å². The molecule has 11 heteroatoms. The highest BCUT2D eigenvalue weighted by Crippen LogP contribution is 2.31. The van der Waals surface area contributed by atoms with E-state index in [2.05, 4.69) is 30.8 Å². The molecule has 2 amide bonds. The molecule has 1 aliphatic heterocycles. The summed E-state index contributed by atoms with van der Waals surface area (Å²) in [7, 11) is 3.35. The fourth-order valence-electron chi connectivity index (χ4n) is 4.10. The maximum Gasteiger partial charge on any atom is 0.321 e. The number of amides is 2. The van der Waals surface area contributed by atoms with Crippen LogP contribution in [-0.2, 0) is 6.54 Å². The van der Waals surface area contributed by atoms with E-state index in [4.69, 9.17) is 0 Å². The van der Waals surface area contributed by atoms with Crippen LogP contribution in [0, 0.1) is 0 Å². The Hall–Kier alpha value is -4.28. The summed E-state index contributed by atoms with van der Waals surface area (Å²) in [5.74, 6) is -2.15. The van der Waals surface area contributed by atoms with Crippen LogP contribution in [0.5, 0.6) is 0 Å². The summed E-state index contributed by atoms with van der Waals surface area (Å²) in [6.45, 7) is 0.426. The summed E-state index contributed by atoms with van der Waals surface area (Å²) in [5.41, 5.74) is 4.86. The topological polar surface area (TPSA) is 102 Å². The van der Waals surface area contributed by atoms with Crippen LogP contribution in [0.3, 0.4) is 0 Å². The monoisotopic (exact) mass is 492 g/mol. The molecule has 9 nitrogen and oxygen atoms in total. The third-order valence-electron chi connectivity index (χ3n) is 6.07. The van der Waals surface area contributed by atoms with Crippen LogP contribution in [0.2, 0.25) is 0 Å². The zero-order valence-corrected chi connectivity index (χ0v) is 19.9. The van der Waals surface area contributed by atoms with Crippen molar-refractivity contribution in [2.45, 2.75) is 18.9 Å². The van der Waals surface area contributed by atoms with E-state index in [-0.39, 0.29) is 25.5 Å². The van der Waals surface area contributed by atoms with Gasteiger partial charge in [-0.1, -0.05) is 6.07 Å². The van der Waals surface area contributed by atoms with Crippen molar-refractivity contribution in [1.29, 1.82) is 0 Å². The number of nitrogens with zero attached hydrogens (tertiary/aromatic N) is 5. The summed E-state index contributed by atoms with van der Waals surface area (Å²) in [5, 5.41) is 14.6. The van der Waals surface area contributed by atoms with Crippen LogP contribution in [-0.4, -0.2) is 64.2 Å². The van der Waals surface area contributed by atoms with E-state index in [1.807, 2.05) is 24.3 Å². The zero-order chi connectivity index (χ0) is 25.3. The molecule has 3 aromatic heterocycles. The smallest absolute Gasteiger partial charge is 0.321 e. The molecule has 0 saturated carbocycles. The summed E-state index contributed by atoms with van der Waals surface area (Å²) < 4.78 is 27.2. The second kappa shape index (κ2) is 9.40. The van der Waals surface area contributed by atoms with E-state index < -0.39 is 5.92 Å². The van der Waals surface area contributed by atoms with Gasteiger partial charge in [0, 0.05) is 62.2 Å². The Morgan fingerprint density at radius 2 is 2.00 bits per heavy atom. The van der Waals surface area contributed by atoms with E-state index in [1.165, 1.54) is 4.90 Å². The van der Waals surface area contributed by atoms with E-state index in [0.29, 0.717) is 18.1 Å². The van der Waals surface area contributed by atoms with Gasteiger partial charge in [-0.25, -0.2) is 18.6 Å². The Bertz CT molecular complexity index is 1400. The van der Waals surface area contributed by atoms with Gasteiger partial charge in [0.05, 0.1) is 36.2 Å². The number of benzene rings is 1. The largest absolute Gasteiger partial charge is 0.379 e. The Labute approximate surface area is 206 Å². The number of alkyl halides is 2. The quantitative estimate of drug-likeness (QED) is 0.365. The number of halogens is 2. The maximum absolute atomic E-state index is 13.6. The molecule has 0 aliphatic carbocycles. The molecule has 0 atom stereocenters. The summed E-state index contributed by atoms with van der Waals surface area (Å²) in [6, 6.07) is 11.1. The maximum atomic E-state index is 13.6. The molecule has 0 spiro atoms. The molecule has 0 unspecified atom stereocenters. The number of fused-ring (bicyclic) bond motifs is 1. The highest BCUT2D eigenvalue weighted by atomic mass is 19.3. The number of hydrogen-bond donors (Lipinski definition) is 3. The first-order chi connectivity index (χ1) is 17.3. The van der Waals surface area contributed by atoms with Gasteiger partial charge in [-0.2, -0.15) is 5.10 Å². The standard InChI is InChI=1S/C25H26F2N8O/c1-34(2)24(36)31-19-9-17(12-28-13-19)16-3-4-21-20(10-16)22(33-32-21)14-30-18-5-7-29-23(11-18)35-8-6-25(26,27)15-35/h3-5,7,9-13H,6,8,14-15H2,1-2H3,(H,29,30)(H,31,36)(H,32,33). The minimum Gasteiger partial charge on any atom is -0.379 e. The lowest BCUT2D eigenvalue weighted by atomic mass is 10.0. The van der Waals surface area contributed by atoms with Crippen molar-refractivity contribution in [2.24, 2.45) is 0 Å². The number of aromatic nitrogens is 4. The number of pyridine rings is 2. The minimum atomic E-state index is -2.68. The van der Waals surface area contributed by atoms with Crippen molar-refractivity contribution in [1.82, 2.24) is 25.1 Å². The Kier molecular flexibility index (Phi) is 6.13. The van der Waals surface area contributed by atoms with E-state index in [1.54, 1.807) is 49.7 Å². The van der Waals surface area contributed by atoms with Gasteiger partial charge in [-0.15, -0.1) is 0 Å². The highest BCUT2D eigenvalue weighted by Gasteiger charge is 2.38.